The first-order valence-corrected chi connectivity index (χ1v) is 10.6. The molecule has 0 fully saturated rings. The third-order valence-electron chi connectivity index (χ3n) is 4.85. The monoisotopic (exact) mass is 444 g/mol. The Morgan fingerprint density at radius 2 is 1.58 bits per heavy atom. The summed E-state index contributed by atoms with van der Waals surface area (Å²) in [6, 6.07) is 19.4. The summed E-state index contributed by atoms with van der Waals surface area (Å²) < 4.78 is 16.1. The van der Waals surface area contributed by atoms with Crippen molar-refractivity contribution in [3.63, 3.8) is 0 Å². The summed E-state index contributed by atoms with van der Waals surface area (Å²) in [5, 5.41) is 2.82. The van der Waals surface area contributed by atoms with Crippen molar-refractivity contribution >= 4 is 11.5 Å². The second kappa shape index (κ2) is 12.8. The molecule has 1 heterocycles. The van der Waals surface area contributed by atoms with Crippen LogP contribution in [0.5, 0.6) is 11.5 Å². The second-order valence-electron chi connectivity index (χ2n) is 7.10. The quantitative estimate of drug-likeness (QED) is 0.269. The molecule has 0 unspecified atom stereocenters. The van der Waals surface area contributed by atoms with Gasteiger partial charge in [0.1, 0.15) is 11.5 Å². The number of amides is 1. The molecule has 0 aliphatic heterocycles. The second-order valence-corrected chi connectivity index (χ2v) is 7.10. The van der Waals surface area contributed by atoms with Gasteiger partial charge in [0.25, 0.3) is 0 Å². The number of hydrogen-bond acceptors (Lipinski definition) is 5. The lowest BCUT2D eigenvalue weighted by Crippen LogP contribution is -2.25. The molecule has 3 rings (SSSR count). The van der Waals surface area contributed by atoms with Gasteiger partial charge in [0.15, 0.2) is 0 Å². The predicted molar refractivity (Wildman–Crippen MR) is 129 cm³/mol. The number of rotatable bonds is 11. The summed E-state index contributed by atoms with van der Waals surface area (Å²) in [4.78, 5) is 16.2. The Morgan fingerprint density at radius 3 is 2.12 bits per heavy atom. The Balaban J connectivity index is 1.60. The molecule has 6 heteroatoms. The number of aromatic nitrogens is 1. The van der Waals surface area contributed by atoms with Crippen molar-refractivity contribution in [3.05, 3.63) is 108 Å². The Morgan fingerprint density at radius 1 is 0.939 bits per heavy atom. The van der Waals surface area contributed by atoms with Crippen LogP contribution in [0, 0.1) is 0 Å². The molecule has 3 aromatic rings. The fraction of sp³-hybridized carbons (Fsp3) is 0.185. The van der Waals surface area contributed by atoms with Gasteiger partial charge in [-0.2, -0.15) is 0 Å². The summed E-state index contributed by atoms with van der Waals surface area (Å²) in [6.45, 7) is 1.32. The van der Waals surface area contributed by atoms with E-state index in [2.05, 4.69) is 10.3 Å². The van der Waals surface area contributed by atoms with Crippen molar-refractivity contribution in [1.29, 1.82) is 0 Å². The van der Waals surface area contributed by atoms with Gasteiger partial charge in [-0.05, 0) is 52.6 Å². The van der Waals surface area contributed by atoms with Crippen LogP contribution in [0.25, 0.3) is 5.57 Å². The number of carbonyl (C=O) groups excluding carboxylic acids is 1. The van der Waals surface area contributed by atoms with Crippen LogP contribution in [0.1, 0.15) is 16.7 Å². The van der Waals surface area contributed by atoms with Gasteiger partial charge in [0, 0.05) is 25.0 Å². The highest BCUT2D eigenvalue weighted by atomic mass is 16.5. The maximum absolute atomic E-state index is 12.2. The van der Waals surface area contributed by atoms with E-state index in [-0.39, 0.29) is 5.91 Å². The zero-order chi connectivity index (χ0) is 23.3. The lowest BCUT2D eigenvalue weighted by molar-refractivity contribution is -0.116. The molecule has 33 heavy (non-hydrogen) atoms. The number of ether oxygens (including phenoxy) is 3. The highest BCUT2D eigenvalue weighted by molar-refractivity contribution is 5.89. The van der Waals surface area contributed by atoms with E-state index in [0.29, 0.717) is 19.8 Å². The Kier molecular flexibility index (Phi) is 9.24. The van der Waals surface area contributed by atoms with Crippen LogP contribution >= 0.6 is 0 Å². The Hall–Kier alpha value is -3.90. The number of carbonyl (C=O) groups is 1. The SMILES string of the molecule is COc1ccc(C(=C/C=C/C(=O)NCCOCc2cccnc2)c2ccc(OC)cc2)cc1. The van der Waals surface area contributed by atoms with Crippen molar-refractivity contribution < 1.29 is 19.0 Å². The number of nitrogens with one attached hydrogen (secondary N) is 1. The zero-order valence-electron chi connectivity index (χ0n) is 18.9. The largest absolute Gasteiger partial charge is 0.497 e. The first kappa shape index (κ1) is 23.8. The van der Waals surface area contributed by atoms with Gasteiger partial charge in [0.05, 0.1) is 27.4 Å². The minimum atomic E-state index is -0.181. The number of benzene rings is 2. The zero-order valence-corrected chi connectivity index (χ0v) is 18.9. The molecule has 0 saturated carbocycles. The Bertz CT molecular complexity index is 1010. The maximum Gasteiger partial charge on any atom is 0.244 e. The van der Waals surface area contributed by atoms with Crippen LogP contribution in [0.15, 0.2) is 91.3 Å². The van der Waals surface area contributed by atoms with E-state index in [0.717, 1.165) is 33.8 Å². The smallest absolute Gasteiger partial charge is 0.244 e. The molecule has 0 aliphatic rings. The molecule has 1 amide bonds. The van der Waals surface area contributed by atoms with E-state index in [1.165, 1.54) is 6.08 Å². The van der Waals surface area contributed by atoms with Crippen molar-refractivity contribution in [2.45, 2.75) is 6.61 Å². The van der Waals surface area contributed by atoms with E-state index in [1.54, 1.807) is 32.7 Å². The van der Waals surface area contributed by atoms with Crippen LogP contribution in [0.4, 0.5) is 0 Å². The number of allylic oxidation sites excluding steroid dienone is 2. The van der Waals surface area contributed by atoms with Crippen molar-refractivity contribution in [2.75, 3.05) is 27.4 Å². The van der Waals surface area contributed by atoms with Crippen molar-refractivity contribution in [1.82, 2.24) is 10.3 Å². The van der Waals surface area contributed by atoms with Crippen LogP contribution in [0.2, 0.25) is 0 Å². The minimum Gasteiger partial charge on any atom is -0.497 e. The molecular formula is C27H28N2O4. The lowest BCUT2D eigenvalue weighted by atomic mass is 9.97. The highest BCUT2D eigenvalue weighted by Crippen LogP contribution is 2.27. The lowest BCUT2D eigenvalue weighted by Gasteiger charge is -2.10. The molecule has 2 aromatic carbocycles. The predicted octanol–water partition coefficient (Wildman–Crippen LogP) is 4.42. The van der Waals surface area contributed by atoms with Crippen LogP contribution < -0.4 is 14.8 Å². The fourth-order valence-electron chi connectivity index (χ4n) is 3.11. The molecule has 1 aromatic heterocycles. The first-order valence-electron chi connectivity index (χ1n) is 10.6. The molecule has 0 bridgehead atoms. The maximum atomic E-state index is 12.2. The van der Waals surface area contributed by atoms with Crippen LogP contribution in [0.3, 0.4) is 0 Å². The normalized spacial score (nSPS) is 10.6. The molecule has 1 N–H and O–H groups in total. The Labute approximate surface area is 194 Å². The van der Waals surface area contributed by atoms with Gasteiger partial charge in [-0.15, -0.1) is 0 Å². The van der Waals surface area contributed by atoms with E-state index in [9.17, 15) is 4.79 Å². The minimum absolute atomic E-state index is 0.181. The topological polar surface area (TPSA) is 69.7 Å². The van der Waals surface area contributed by atoms with Gasteiger partial charge >= 0.3 is 0 Å². The number of nitrogens with zero attached hydrogens (tertiary/aromatic N) is 1. The summed E-state index contributed by atoms with van der Waals surface area (Å²) in [5.41, 5.74) is 3.99. The number of hydrogen-bond donors (Lipinski definition) is 1. The first-order chi connectivity index (χ1) is 16.2. The van der Waals surface area contributed by atoms with Crippen molar-refractivity contribution in [2.24, 2.45) is 0 Å². The van der Waals surface area contributed by atoms with Gasteiger partial charge in [0.2, 0.25) is 5.91 Å². The molecule has 0 radical (unpaired) electrons. The third kappa shape index (κ3) is 7.63. The van der Waals surface area contributed by atoms with Crippen molar-refractivity contribution in [3.8, 4) is 11.5 Å². The molecule has 0 atom stereocenters. The molecule has 6 nitrogen and oxygen atoms in total. The molecule has 0 saturated heterocycles. The molecule has 0 spiro atoms. The van der Waals surface area contributed by atoms with Crippen LogP contribution in [-0.2, 0) is 16.1 Å². The molecular weight excluding hydrogens is 416 g/mol. The summed E-state index contributed by atoms with van der Waals surface area (Å²) in [6.07, 6.45) is 8.65. The average molecular weight is 445 g/mol. The average Bonchev–Trinajstić information content (AvgIpc) is 2.87. The molecule has 0 aliphatic carbocycles. The van der Waals surface area contributed by atoms with Gasteiger partial charge < -0.3 is 19.5 Å². The third-order valence-corrected chi connectivity index (χ3v) is 4.85. The summed E-state index contributed by atoms with van der Waals surface area (Å²) in [5.74, 6) is 1.39. The van der Waals surface area contributed by atoms with E-state index >= 15 is 0 Å². The van der Waals surface area contributed by atoms with Gasteiger partial charge in [-0.25, -0.2) is 0 Å². The summed E-state index contributed by atoms with van der Waals surface area (Å²) >= 11 is 0. The molecule has 170 valence electrons. The fourth-order valence-corrected chi connectivity index (χ4v) is 3.11. The number of pyridine rings is 1. The van der Waals surface area contributed by atoms with E-state index in [1.807, 2.05) is 66.7 Å². The van der Waals surface area contributed by atoms with E-state index < -0.39 is 0 Å². The van der Waals surface area contributed by atoms with Gasteiger partial charge in [-0.1, -0.05) is 42.5 Å². The van der Waals surface area contributed by atoms with Gasteiger partial charge in [-0.3, -0.25) is 9.78 Å². The highest BCUT2D eigenvalue weighted by Gasteiger charge is 2.06. The number of methoxy groups -OCH3 is 2. The van der Waals surface area contributed by atoms with E-state index in [4.69, 9.17) is 14.2 Å². The standard InChI is InChI=1S/C27H28N2O4/c1-31-24-12-8-22(9-13-24)26(23-10-14-25(32-2)15-11-23)6-3-7-27(30)29-17-18-33-20-21-5-4-16-28-19-21/h3-16,19H,17-18,20H2,1-2H3,(H,29,30)/b7-3+. The summed E-state index contributed by atoms with van der Waals surface area (Å²) in [7, 11) is 3.28. The van der Waals surface area contributed by atoms with Crippen LogP contribution in [-0.4, -0.2) is 38.3 Å².